The van der Waals surface area contributed by atoms with E-state index in [1.54, 1.807) is 0 Å². The lowest BCUT2D eigenvalue weighted by Gasteiger charge is -2.11. The molecule has 0 saturated heterocycles. The van der Waals surface area contributed by atoms with Crippen LogP contribution in [0.15, 0.2) is 60.9 Å². The second-order valence-corrected chi connectivity index (χ2v) is 7.45. The molecule has 1 aromatic heterocycles. The predicted octanol–water partition coefficient (Wildman–Crippen LogP) is 6.10. The lowest BCUT2D eigenvalue weighted by atomic mass is 10.1. The molecule has 2 aromatic carbocycles. The van der Waals surface area contributed by atoms with Crippen molar-refractivity contribution >= 4 is 0 Å². The van der Waals surface area contributed by atoms with Gasteiger partial charge < -0.3 is 9.47 Å². The molecule has 0 aliphatic rings. The molecule has 0 aliphatic heterocycles. The van der Waals surface area contributed by atoms with E-state index in [-0.39, 0.29) is 0 Å². The zero-order valence-corrected chi connectivity index (χ0v) is 17.6. The van der Waals surface area contributed by atoms with E-state index in [2.05, 4.69) is 30.7 Å². The molecule has 0 fully saturated rings. The van der Waals surface area contributed by atoms with Gasteiger partial charge in [0.05, 0.1) is 6.61 Å². The average molecular weight is 391 g/mol. The fourth-order valence-electron chi connectivity index (χ4n) is 2.83. The van der Waals surface area contributed by atoms with Crippen LogP contribution in [0.2, 0.25) is 0 Å². The molecular formula is C25H30N2O2. The third kappa shape index (κ3) is 6.31. The molecule has 1 atom stereocenters. The Morgan fingerprint density at radius 3 is 2.03 bits per heavy atom. The Hall–Kier alpha value is -2.88. The molecular weight excluding hydrogens is 360 g/mol. The van der Waals surface area contributed by atoms with E-state index in [0.29, 0.717) is 12.5 Å². The fourth-order valence-corrected chi connectivity index (χ4v) is 2.83. The quantitative estimate of drug-likeness (QED) is 0.419. The van der Waals surface area contributed by atoms with Crippen molar-refractivity contribution in [2.45, 2.75) is 46.6 Å². The van der Waals surface area contributed by atoms with Crippen LogP contribution in [-0.4, -0.2) is 16.6 Å². The third-order valence-electron chi connectivity index (χ3n) is 4.92. The summed E-state index contributed by atoms with van der Waals surface area (Å²) in [7, 11) is 0. The molecule has 3 aromatic rings. The van der Waals surface area contributed by atoms with Crippen molar-refractivity contribution in [1.29, 1.82) is 0 Å². The number of ether oxygens (including phenoxy) is 2. The summed E-state index contributed by atoms with van der Waals surface area (Å²) in [5.74, 6) is 3.04. The fraction of sp³-hybridized carbons (Fsp3) is 0.360. The Morgan fingerprint density at radius 2 is 1.41 bits per heavy atom. The van der Waals surface area contributed by atoms with Crippen molar-refractivity contribution in [3.05, 3.63) is 72.1 Å². The first kappa shape index (κ1) is 20.8. The maximum atomic E-state index is 5.91. The van der Waals surface area contributed by atoms with Gasteiger partial charge in [-0.05, 0) is 59.9 Å². The van der Waals surface area contributed by atoms with E-state index in [1.165, 1.54) is 5.56 Å². The van der Waals surface area contributed by atoms with Crippen LogP contribution in [-0.2, 0) is 13.0 Å². The van der Waals surface area contributed by atoms with Crippen LogP contribution >= 0.6 is 0 Å². The predicted molar refractivity (Wildman–Crippen MR) is 117 cm³/mol. The van der Waals surface area contributed by atoms with Crippen molar-refractivity contribution in [3.63, 3.8) is 0 Å². The zero-order chi connectivity index (χ0) is 20.5. The molecule has 0 radical (unpaired) electrons. The van der Waals surface area contributed by atoms with Crippen molar-refractivity contribution in [2.75, 3.05) is 6.61 Å². The van der Waals surface area contributed by atoms with E-state index in [1.807, 2.05) is 60.9 Å². The minimum Gasteiger partial charge on any atom is -0.493 e. The largest absolute Gasteiger partial charge is 0.493 e. The first-order chi connectivity index (χ1) is 14.2. The first-order valence-corrected chi connectivity index (χ1v) is 10.4. The Bertz CT molecular complexity index is 859. The first-order valence-electron chi connectivity index (χ1n) is 10.4. The number of aromatic nitrogens is 2. The van der Waals surface area contributed by atoms with Gasteiger partial charge in [-0.1, -0.05) is 45.7 Å². The maximum Gasteiger partial charge on any atom is 0.159 e. The molecule has 4 heteroatoms. The minimum absolute atomic E-state index is 0.521. The van der Waals surface area contributed by atoms with Gasteiger partial charge in [-0.25, -0.2) is 9.97 Å². The number of hydrogen-bond donors (Lipinski definition) is 0. The summed E-state index contributed by atoms with van der Waals surface area (Å²) >= 11 is 0. The molecule has 4 nitrogen and oxygen atoms in total. The van der Waals surface area contributed by atoms with E-state index in [0.717, 1.165) is 54.3 Å². The number of aryl methyl sites for hydroxylation is 1. The maximum absolute atomic E-state index is 5.91. The molecule has 1 unspecified atom stereocenters. The van der Waals surface area contributed by atoms with Crippen LogP contribution in [0.3, 0.4) is 0 Å². The molecule has 3 rings (SSSR count). The van der Waals surface area contributed by atoms with Crippen molar-refractivity contribution in [1.82, 2.24) is 9.97 Å². The van der Waals surface area contributed by atoms with E-state index < -0.39 is 0 Å². The summed E-state index contributed by atoms with van der Waals surface area (Å²) in [6, 6.07) is 16.0. The van der Waals surface area contributed by atoms with Gasteiger partial charge in [0.25, 0.3) is 0 Å². The summed E-state index contributed by atoms with van der Waals surface area (Å²) in [5.41, 5.74) is 3.27. The highest BCUT2D eigenvalue weighted by Gasteiger charge is 2.04. The van der Waals surface area contributed by atoms with Crippen LogP contribution in [0.25, 0.3) is 11.4 Å². The van der Waals surface area contributed by atoms with Gasteiger partial charge >= 0.3 is 0 Å². The average Bonchev–Trinajstić information content (AvgIpc) is 2.78. The van der Waals surface area contributed by atoms with Gasteiger partial charge in [0, 0.05) is 18.0 Å². The van der Waals surface area contributed by atoms with Gasteiger partial charge in [-0.3, -0.25) is 0 Å². The Balaban J connectivity index is 1.52. The standard InChI is InChI=1S/C25H30N2O2/c1-4-6-21-15-26-25(27-16-21)22-9-13-24(14-10-22)29-18-20-7-11-23(12-8-20)28-17-19(3)5-2/h7-16,19H,4-6,17-18H2,1-3H3. The van der Waals surface area contributed by atoms with Crippen LogP contribution in [0.1, 0.15) is 44.7 Å². The number of benzene rings is 2. The molecule has 0 bridgehead atoms. The van der Waals surface area contributed by atoms with Crippen molar-refractivity contribution in [2.24, 2.45) is 5.92 Å². The van der Waals surface area contributed by atoms with Crippen molar-refractivity contribution < 1.29 is 9.47 Å². The highest BCUT2D eigenvalue weighted by atomic mass is 16.5. The molecule has 0 saturated carbocycles. The number of rotatable bonds is 10. The third-order valence-corrected chi connectivity index (χ3v) is 4.92. The van der Waals surface area contributed by atoms with Gasteiger partial charge in [-0.2, -0.15) is 0 Å². The SMILES string of the molecule is CCCc1cnc(-c2ccc(OCc3ccc(OCC(C)CC)cc3)cc2)nc1. The molecule has 152 valence electrons. The normalized spacial score (nSPS) is 11.8. The lowest BCUT2D eigenvalue weighted by molar-refractivity contribution is 0.256. The van der Waals surface area contributed by atoms with Crippen molar-refractivity contribution in [3.8, 4) is 22.9 Å². The minimum atomic E-state index is 0.521. The molecule has 1 heterocycles. The van der Waals surface area contributed by atoms with E-state index in [4.69, 9.17) is 9.47 Å². The second-order valence-electron chi connectivity index (χ2n) is 7.45. The second kappa shape index (κ2) is 10.6. The van der Waals surface area contributed by atoms with Gasteiger partial charge in [0.15, 0.2) is 5.82 Å². The van der Waals surface area contributed by atoms with Crippen LogP contribution in [0, 0.1) is 5.92 Å². The summed E-state index contributed by atoms with van der Waals surface area (Å²) in [5, 5.41) is 0. The van der Waals surface area contributed by atoms with Crippen LogP contribution in [0.4, 0.5) is 0 Å². The molecule has 0 amide bonds. The summed E-state index contributed by atoms with van der Waals surface area (Å²) in [6.07, 6.45) is 7.06. The monoisotopic (exact) mass is 390 g/mol. The molecule has 29 heavy (non-hydrogen) atoms. The van der Waals surface area contributed by atoms with Gasteiger partial charge in [0.1, 0.15) is 18.1 Å². The summed E-state index contributed by atoms with van der Waals surface area (Å²) in [6.45, 7) is 7.80. The molecule has 0 aliphatic carbocycles. The van der Waals surface area contributed by atoms with Crippen LogP contribution in [0.5, 0.6) is 11.5 Å². The lowest BCUT2D eigenvalue weighted by Crippen LogP contribution is -2.07. The molecule has 0 N–H and O–H groups in total. The Kier molecular flexibility index (Phi) is 7.62. The summed E-state index contributed by atoms with van der Waals surface area (Å²) < 4.78 is 11.7. The Morgan fingerprint density at radius 1 is 0.793 bits per heavy atom. The Labute approximate surface area is 173 Å². The van der Waals surface area contributed by atoms with E-state index >= 15 is 0 Å². The smallest absolute Gasteiger partial charge is 0.159 e. The van der Waals surface area contributed by atoms with Gasteiger partial charge in [0.2, 0.25) is 0 Å². The number of hydrogen-bond acceptors (Lipinski definition) is 4. The zero-order valence-electron chi connectivity index (χ0n) is 17.6. The summed E-state index contributed by atoms with van der Waals surface area (Å²) in [4.78, 5) is 8.93. The topological polar surface area (TPSA) is 44.2 Å². The van der Waals surface area contributed by atoms with Crippen LogP contribution < -0.4 is 9.47 Å². The molecule has 0 spiro atoms. The number of nitrogens with zero attached hydrogens (tertiary/aromatic N) is 2. The van der Waals surface area contributed by atoms with Gasteiger partial charge in [-0.15, -0.1) is 0 Å². The highest BCUT2D eigenvalue weighted by molar-refractivity contribution is 5.55. The van der Waals surface area contributed by atoms with E-state index in [9.17, 15) is 0 Å². The highest BCUT2D eigenvalue weighted by Crippen LogP contribution is 2.21.